The van der Waals surface area contributed by atoms with E-state index in [1.165, 1.54) is 0 Å². The quantitative estimate of drug-likeness (QED) is 0.752. The number of nitrogens with one attached hydrogen (secondary N) is 2. The Hall–Kier alpha value is -1.81. The van der Waals surface area contributed by atoms with Crippen LogP contribution in [-0.2, 0) is 0 Å². The summed E-state index contributed by atoms with van der Waals surface area (Å²) in [4.78, 5) is 14.5. The number of fused-ring (bicyclic) bond motifs is 1. The molecule has 1 aromatic carbocycles. The number of aromatic nitrogens is 1. The molecule has 0 aliphatic carbocycles. The van der Waals surface area contributed by atoms with Gasteiger partial charge in [0.05, 0.1) is 6.10 Å². The summed E-state index contributed by atoms with van der Waals surface area (Å²) in [5.41, 5.74) is -0.0948. The zero-order valence-corrected chi connectivity index (χ0v) is 9.73. The molecule has 0 spiro atoms. The Morgan fingerprint density at radius 1 is 1.41 bits per heavy atom. The van der Waals surface area contributed by atoms with Gasteiger partial charge in [0.1, 0.15) is 5.82 Å². The number of aliphatic hydroxyl groups excluding tert-OH is 1. The van der Waals surface area contributed by atoms with Crippen LogP contribution in [0.1, 0.15) is 13.3 Å². The molecule has 0 fully saturated rings. The molecule has 0 saturated heterocycles. The molecule has 0 aliphatic heterocycles. The predicted octanol–water partition coefficient (Wildman–Crippen LogP) is 1.71. The van der Waals surface area contributed by atoms with Crippen LogP contribution in [-0.4, -0.2) is 22.7 Å². The molecule has 0 saturated carbocycles. The number of hydrogen-bond acceptors (Lipinski definition) is 3. The number of aliphatic hydroxyl groups is 1. The van der Waals surface area contributed by atoms with Gasteiger partial charge in [-0.1, -0.05) is 18.2 Å². The van der Waals surface area contributed by atoms with E-state index in [9.17, 15) is 4.79 Å². The molecule has 1 heterocycles. The third-order valence-electron chi connectivity index (χ3n) is 2.63. The predicted molar refractivity (Wildman–Crippen MR) is 69.4 cm³/mol. The van der Waals surface area contributed by atoms with Crippen LogP contribution in [0.4, 0.5) is 5.82 Å². The lowest BCUT2D eigenvalue weighted by Gasteiger charge is -2.08. The highest BCUT2D eigenvalue weighted by Crippen LogP contribution is 2.12. The largest absolute Gasteiger partial charge is 0.393 e. The van der Waals surface area contributed by atoms with Crippen LogP contribution in [0.5, 0.6) is 0 Å². The first kappa shape index (κ1) is 11.7. The first-order valence-electron chi connectivity index (χ1n) is 5.71. The molecule has 2 aromatic rings. The summed E-state index contributed by atoms with van der Waals surface area (Å²) >= 11 is 0. The number of aromatic amines is 1. The van der Waals surface area contributed by atoms with Gasteiger partial charge < -0.3 is 15.4 Å². The van der Waals surface area contributed by atoms with Gasteiger partial charge in [-0.25, -0.2) is 0 Å². The summed E-state index contributed by atoms with van der Waals surface area (Å²) in [5.74, 6) is 0.689. The van der Waals surface area contributed by atoms with E-state index in [-0.39, 0.29) is 11.7 Å². The third kappa shape index (κ3) is 2.85. The van der Waals surface area contributed by atoms with Crippen LogP contribution in [0, 0.1) is 0 Å². The second-order valence-electron chi connectivity index (χ2n) is 4.16. The van der Waals surface area contributed by atoms with Crippen LogP contribution < -0.4 is 10.9 Å². The molecular formula is C13H16N2O2. The van der Waals surface area contributed by atoms with Crippen molar-refractivity contribution in [3.8, 4) is 0 Å². The molecule has 4 heteroatoms. The fourth-order valence-electron chi connectivity index (χ4n) is 1.72. The monoisotopic (exact) mass is 232 g/mol. The van der Waals surface area contributed by atoms with Crippen LogP contribution in [0.2, 0.25) is 0 Å². The van der Waals surface area contributed by atoms with Crippen molar-refractivity contribution in [1.82, 2.24) is 4.98 Å². The van der Waals surface area contributed by atoms with Gasteiger partial charge in [0, 0.05) is 11.9 Å². The molecule has 17 heavy (non-hydrogen) atoms. The van der Waals surface area contributed by atoms with E-state index in [2.05, 4.69) is 10.3 Å². The van der Waals surface area contributed by atoms with E-state index in [0.29, 0.717) is 24.2 Å². The lowest BCUT2D eigenvalue weighted by molar-refractivity contribution is 0.188. The maximum absolute atomic E-state index is 11.8. The molecular weight excluding hydrogens is 216 g/mol. The van der Waals surface area contributed by atoms with Crippen molar-refractivity contribution >= 4 is 16.6 Å². The first-order chi connectivity index (χ1) is 8.16. The average molecular weight is 232 g/mol. The normalized spacial score (nSPS) is 12.6. The van der Waals surface area contributed by atoms with E-state index in [0.717, 1.165) is 5.39 Å². The fourth-order valence-corrected chi connectivity index (χ4v) is 1.72. The topological polar surface area (TPSA) is 65.1 Å². The van der Waals surface area contributed by atoms with Crippen LogP contribution in [0.15, 0.2) is 35.1 Å². The minimum absolute atomic E-state index is 0.0948. The van der Waals surface area contributed by atoms with Crippen molar-refractivity contribution in [3.05, 3.63) is 40.7 Å². The second-order valence-corrected chi connectivity index (χ2v) is 4.16. The van der Waals surface area contributed by atoms with E-state index in [1.54, 1.807) is 13.0 Å². The maximum Gasteiger partial charge on any atom is 0.257 e. The Morgan fingerprint density at radius 2 is 2.18 bits per heavy atom. The number of benzene rings is 1. The number of H-pyrrole nitrogens is 1. The molecule has 1 aromatic heterocycles. The number of pyridine rings is 1. The molecule has 3 N–H and O–H groups in total. The summed E-state index contributed by atoms with van der Waals surface area (Å²) < 4.78 is 0. The molecule has 0 aliphatic rings. The molecule has 90 valence electrons. The van der Waals surface area contributed by atoms with Crippen LogP contribution in [0.3, 0.4) is 0 Å². The Kier molecular flexibility index (Phi) is 3.44. The van der Waals surface area contributed by atoms with E-state index in [4.69, 9.17) is 5.11 Å². The highest BCUT2D eigenvalue weighted by molar-refractivity contribution is 5.83. The van der Waals surface area contributed by atoms with Crippen molar-refractivity contribution in [1.29, 1.82) is 0 Å². The molecule has 1 unspecified atom stereocenters. The molecule has 0 radical (unpaired) electrons. The highest BCUT2D eigenvalue weighted by Gasteiger charge is 2.01. The van der Waals surface area contributed by atoms with Crippen molar-refractivity contribution < 1.29 is 5.11 Å². The Morgan fingerprint density at radius 3 is 2.94 bits per heavy atom. The number of anilines is 1. The average Bonchev–Trinajstić information content (AvgIpc) is 2.28. The Labute approximate surface area is 99.3 Å². The van der Waals surface area contributed by atoms with Gasteiger partial charge in [0.25, 0.3) is 5.56 Å². The minimum Gasteiger partial charge on any atom is -0.393 e. The molecule has 0 amide bonds. The van der Waals surface area contributed by atoms with Gasteiger partial charge in [-0.05, 0) is 30.9 Å². The number of hydrogen-bond donors (Lipinski definition) is 3. The Balaban J connectivity index is 2.22. The van der Waals surface area contributed by atoms with Gasteiger partial charge in [-0.3, -0.25) is 4.79 Å². The third-order valence-corrected chi connectivity index (χ3v) is 2.63. The van der Waals surface area contributed by atoms with Crippen molar-refractivity contribution in [2.24, 2.45) is 0 Å². The van der Waals surface area contributed by atoms with Gasteiger partial charge in [0.2, 0.25) is 0 Å². The molecule has 2 rings (SSSR count). The fraction of sp³-hybridized carbons (Fsp3) is 0.308. The van der Waals surface area contributed by atoms with Gasteiger partial charge in [-0.15, -0.1) is 0 Å². The zero-order chi connectivity index (χ0) is 12.3. The molecule has 0 bridgehead atoms. The first-order valence-corrected chi connectivity index (χ1v) is 5.71. The van der Waals surface area contributed by atoms with E-state index in [1.807, 2.05) is 24.3 Å². The van der Waals surface area contributed by atoms with Gasteiger partial charge in [0.15, 0.2) is 0 Å². The van der Waals surface area contributed by atoms with Crippen molar-refractivity contribution in [2.75, 3.05) is 11.9 Å². The summed E-state index contributed by atoms with van der Waals surface area (Å²) in [5, 5.41) is 13.8. The van der Waals surface area contributed by atoms with Crippen molar-refractivity contribution in [2.45, 2.75) is 19.4 Å². The minimum atomic E-state index is -0.338. The zero-order valence-electron chi connectivity index (χ0n) is 9.73. The van der Waals surface area contributed by atoms with Crippen LogP contribution >= 0.6 is 0 Å². The second kappa shape index (κ2) is 5.01. The SMILES string of the molecule is CC(O)CCNc1cc2ccccc2c(=O)[nH]1. The highest BCUT2D eigenvalue weighted by atomic mass is 16.3. The van der Waals surface area contributed by atoms with E-state index >= 15 is 0 Å². The summed E-state index contributed by atoms with van der Waals surface area (Å²) in [6.45, 7) is 2.37. The van der Waals surface area contributed by atoms with E-state index < -0.39 is 0 Å². The molecule has 1 atom stereocenters. The number of rotatable bonds is 4. The van der Waals surface area contributed by atoms with Gasteiger partial charge in [-0.2, -0.15) is 0 Å². The maximum atomic E-state index is 11.8. The molecule has 4 nitrogen and oxygen atoms in total. The lowest BCUT2D eigenvalue weighted by atomic mass is 10.2. The Bertz CT molecular complexity index is 561. The summed E-state index contributed by atoms with van der Waals surface area (Å²) in [6.07, 6.45) is 0.309. The van der Waals surface area contributed by atoms with Crippen molar-refractivity contribution in [3.63, 3.8) is 0 Å². The van der Waals surface area contributed by atoms with Crippen LogP contribution in [0.25, 0.3) is 10.8 Å². The smallest absolute Gasteiger partial charge is 0.257 e. The van der Waals surface area contributed by atoms with Gasteiger partial charge >= 0.3 is 0 Å². The lowest BCUT2D eigenvalue weighted by Crippen LogP contribution is -2.14. The summed E-state index contributed by atoms with van der Waals surface area (Å²) in [7, 11) is 0. The summed E-state index contributed by atoms with van der Waals surface area (Å²) in [6, 6.07) is 9.36. The standard InChI is InChI=1S/C13H16N2O2/c1-9(16)6-7-14-12-8-10-4-2-3-5-11(10)13(17)15-12/h2-5,8-9,16H,6-7H2,1H3,(H2,14,15,17).